The Labute approximate surface area is 105 Å². The lowest BCUT2D eigenvalue weighted by atomic mass is 10.3. The minimum Gasteiger partial charge on any atom is -0.313 e. The first-order chi connectivity index (χ1) is 8.31. The van der Waals surface area contributed by atoms with Gasteiger partial charge in [0, 0.05) is 36.9 Å². The lowest BCUT2D eigenvalue weighted by Crippen LogP contribution is -2.35. The van der Waals surface area contributed by atoms with Gasteiger partial charge in [-0.25, -0.2) is 4.98 Å². The van der Waals surface area contributed by atoms with Gasteiger partial charge in [0.15, 0.2) is 4.96 Å². The molecule has 4 nitrogen and oxygen atoms in total. The highest BCUT2D eigenvalue weighted by molar-refractivity contribution is 7.15. The highest BCUT2D eigenvalue weighted by atomic mass is 32.1. The first-order valence-electron chi connectivity index (χ1n) is 6.18. The summed E-state index contributed by atoms with van der Waals surface area (Å²) in [5.41, 5.74) is 1.19. The van der Waals surface area contributed by atoms with Crippen LogP contribution in [-0.4, -0.2) is 40.0 Å². The molecule has 3 heterocycles. The van der Waals surface area contributed by atoms with Crippen LogP contribution >= 0.6 is 11.3 Å². The fourth-order valence-corrected chi connectivity index (χ4v) is 3.14. The molecule has 1 atom stereocenters. The smallest absolute Gasteiger partial charge is 0.193 e. The van der Waals surface area contributed by atoms with Crippen molar-refractivity contribution in [1.82, 2.24) is 19.6 Å². The Morgan fingerprint density at radius 2 is 2.53 bits per heavy atom. The van der Waals surface area contributed by atoms with E-state index in [9.17, 15) is 0 Å². The zero-order chi connectivity index (χ0) is 11.7. The van der Waals surface area contributed by atoms with Crippen LogP contribution in [0.5, 0.6) is 0 Å². The molecule has 3 rings (SSSR count). The molecule has 0 aliphatic carbocycles. The molecule has 5 heteroatoms. The van der Waals surface area contributed by atoms with Crippen molar-refractivity contribution in [2.45, 2.75) is 25.9 Å². The van der Waals surface area contributed by atoms with Gasteiger partial charge in [0.25, 0.3) is 0 Å². The van der Waals surface area contributed by atoms with E-state index in [1.54, 1.807) is 11.3 Å². The molecule has 1 saturated heterocycles. The van der Waals surface area contributed by atoms with Crippen molar-refractivity contribution in [3.63, 3.8) is 0 Å². The Bertz CT molecular complexity index is 461. The van der Waals surface area contributed by atoms with Crippen molar-refractivity contribution in [2.75, 3.05) is 19.6 Å². The van der Waals surface area contributed by atoms with Gasteiger partial charge >= 0.3 is 0 Å². The second-order valence-electron chi connectivity index (χ2n) is 4.77. The van der Waals surface area contributed by atoms with Crippen LogP contribution in [-0.2, 0) is 6.54 Å². The number of hydrogen-bond donors (Lipinski definition) is 1. The van der Waals surface area contributed by atoms with Gasteiger partial charge in [-0.3, -0.25) is 9.30 Å². The molecule has 0 saturated carbocycles. The molecule has 92 valence electrons. The molecule has 1 unspecified atom stereocenters. The van der Waals surface area contributed by atoms with E-state index < -0.39 is 0 Å². The summed E-state index contributed by atoms with van der Waals surface area (Å²) >= 11 is 1.70. The number of thiazole rings is 1. The van der Waals surface area contributed by atoms with Crippen molar-refractivity contribution in [2.24, 2.45) is 0 Å². The largest absolute Gasteiger partial charge is 0.313 e. The zero-order valence-corrected chi connectivity index (χ0v) is 10.9. The molecule has 17 heavy (non-hydrogen) atoms. The average Bonchev–Trinajstić information content (AvgIpc) is 2.78. The summed E-state index contributed by atoms with van der Waals surface area (Å²) in [7, 11) is 0. The van der Waals surface area contributed by atoms with E-state index in [-0.39, 0.29) is 0 Å². The van der Waals surface area contributed by atoms with Crippen LogP contribution in [0.15, 0.2) is 17.8 Å². The van der Waals surface area contributed by atoms with E-state index in [0.29, 0.717) is 6.04 Å². The van der Waals surface area contributed by atoms with Crippen LogP contribution in [0, 0.1) is 0 Å². The summed E-state index contributed by atoms with van der Waals surface area (Å²) in [5.74, 6) is 0. The standard InChI is InChI=1S/C12H18N4S/c1-10-7-15(4-2-3-13-10)8-11-9-16-5-6-17-12(16)14-11/h5-6,9-10,13H,2-4,7-8H2,1H3. The number of nitrogens with zero attached hydrogens (tertiary/aromatic N) is 3. The Morgan fingerprint density at radius 3 is 3.41 bits per heavy atom. The minimum atomic E-state index is 0.584. The molecule has 0 spiro atoms. The third kappa shape index (κ3) is 2.51. The van der Waals surface area contributed by atoms with E-state index >= 15 is 0 Å². The molecule has 0 radical (unpaired) electrons. The summed E-state index contributed by atoms with van der Waals surface area (Å²) in [6.45, 7) is 6.65. The van der Waals surface area contributed by atoms with Crippen molar-refractivity contribution in [1.29, 1.82) is 0 Å². The Balaban J connectivity index is 1.71. The maximum atomic E-state index is 4.64. The van der Waals surface area contributed by atoms with Crippen LogP contribution in [0.2, 0.25) is 0 Å². The number of imidazole rings is 1. The highest BCUT2D eigenvalue weighted by Crippen LogP contribution is 2.13. The molecule has 1 N–H and O–H groups in total. The van der Waals surface area contributed by atoms with E-state index in [0.717, 1.165) is 24.6 Å². The zero-order valence-electron chi connectivity index (χ0n) is 10.1. The van der Waals surface area contributed by atoms with Gasteiger partial charge in [0.1, 0.15) is 0 Å². The third-order valence-corrected chi connectivity index (χ3v) is 3.98. The molecule has 1 fully saturated rings. The fraction of sp³-hybridized carbons (Fsp3) is 0.583. The summed E-state index contributed by atoms with van der Waals surface area (Å²) in [5, 5.41) is 5.59. The number of hydrogen-bond acceptors (Lipinski definition) is 4. The van der Waals surface area contributed by atoms with Crippen LogP contribution in [0.4, 0.5) is 0 Å². The highest BCUT2D eigenvalue weighted by Gasteiger charge is 2.15. The molecule has 0 bridgehead atoms. The molecular formula is C12H18N4S. The molecule has 0 aromatic carbocycles. The Hall–Kier alpha value is -0.910. The average molecular weight is 250 g/mol. The molecule has 2 aromatic rings. The van der Waals surface area contributed by atoms with Gasteiger partial charge in [0.2, 0.25) is 0 Å². The minimum absolute atomic E-state index is 0.584. The second-order valence-corrected chi connectivity index (χ2v) is 5.64. The first kappa shape index (κ1) is 11.2. The molecule has 1 aliphatic rings. The van der Waals surface area contributed by atoms with E-state index in [1.165, 1.54) is 18.7 Å². The van der Waals surface area contributed by atoms with Crippen molar-refractivity contribution < 1.29 is 0 Å². The third-order valence-electron chi connectivity index (χ3n) is 3.20. The lowest BCUT2D eigenvalue weighted by Gasteiger charge is -2.20. The van der Waals surface area contributed by atoms with Gasteiger partial charge in [-0.05, 0) is 26.4 Å². The second kappa shape index (κ2) is 4.76. The van der Waals surface area contributed by atoms with Crippen molar-refractivity contribution >= 4 is 16.3 Å². The fourth-order valence-electron chi connectivity index (χ4n) is 2.42. The lowest BCUT2D eigenvalue weighted by molar-refractivity contribution is 0.262. The molecule has 1 aliphatic heterocycles. The van der Waals surface area contributed by atoms with Crippen LogP contribution in [0.25, 0.3) is 4.96 Å². The molecule has 0 amide bonds. The predicted octanol–water partition coefficient (Wildman–Crippen LogP) is 1.58. The van der Waals surface area contributed by atoms with Gasteiger partial charge in [-0.2, -0.15) is 0 Å². The number of nitrogens with one attached hydrogen (secondary N) is 1. The van der Waals surface area contributed by atoms with Crippen LogP contribution < -0.4 is 5.32 Å². The van der Waals surface area contributed by atoms with E-state index in [1.807, 2.05) is 0 Å². The summed E-state index contributed by atoms with van der Waals surface area (Å²) in [6.07, 6.45) is 5.45. The monoisotopic (exact) mass is 250 g/mol. The maximum absolute atomic E-state index is 4.64. The first-order valence-corrected chi connectivity index (χ1v) is 7.06. The van der Waals surface area contributed by atoms with Gasteiger partial charge in [-0.1, -0.05) is 0 Å². The van der Waals surface area contributed by atoms with E-state index in [2.05, 4.69) is 44.3 Å². The number of aromatic nitrogens is 2. The SMILES string of the molecule is CC1CN(Cc2cn3ccsc3n2)CCCN1. The predicted molar refractivity (Wildman–Crippen MR) is 70.4 cm³/mol. The summed E-state index contributed by atoms with van der Waals surface area (Å²) in [6, 6.07) is 0.584. The van der Waals surface area contributed by atoms with Gasteiger partial charge < -0.3 is 5.32 Å². The summed E-state index contributed by atoms with van der Waals surface area (Å²) in [4.78, 5) is 8.24. The van der Waals surface area contributed by atoms with E-state index in [4.69, 9.17) is 0 Å². The van der Waals surface area contributed by atoms with Crippen molar-refractivity contribution in [3.8, 4) is 0 Å². The Morgan fingerprint density at radius 1 is 1.59 bits per heavy atom. The van der Waals surface area contributed by atoms with Gasteiger partial charge in [0.05, 0.1) is 5.69 Å². The Kier molecular flexibility index (Phi) is 3.13. The van der Waals surface area contributed by atoms with Crippen LogP contribution in [0.1, 0.15) is 19.0 Å². The topological polar surface area (TPSA) is 32.6 Å². The maximum Gasteiger partial charge on any atom is 0.193 e. The van der Waals surface area contributed by atoms with Crippen LogP contribution in [0.3, 0.4) is 0 Å². The summed E-state index contributed by atoms with van der Waals surface area (Å²) < 4.78 is 2.11. The molecular weight excluding hydrogens is 232 g/mol. The van der Waals surface area contributed by atoms with Crippen molar-refractivity contribution in [3.05, 3.63) is 23.5 Å². The quantitative estimate of drug-likeness (QED) is 0.878. The normalized spacial score (nSPS) is 23.0. The van der Waals surface area contributed by atoms with Gasteiger partial charge in [-0.15, -0.1) is 11.3 Å². The molecule has 2 aromatic heterocycles. The number of fused-ring (bicyclic) bond motifs is 1. The number of rotatable bonds is 2.